The highest BCUT2D eigenvalue weighted by Gasteiger charge is 2.31. The average molecular weight is 682 g/mol. The van der Waals surface area contributed by atoms with Crippen molar-refractivity contribution >= 4 is 43.1 Å². The van der Waals surface area contributed by atoms with Crippen molar-refractivity contribution in [3.05, 3.63) is 194 Å². The monoisotopic (exact) mass is 681 g/mol. The summed E-state index contributed by atoms with van der Waals surface area (Å²) in [5, 5.41) is 19.1. The molecular weight excluding hydrogens is 651 g/mol. The van der Waals surface area contributed by atoms with E-state index >= 15 is 0 Å². The molecule has 0 fully saturated rings. The SMILES string of the molecule is N#Cc1ccc2cc(-c3ccc4cc(-c5ccc6c7c(cccc57)-c5c-6c(-c6ccccc6)c6ccccc6c5-c5ccccc5)ccc4c3)ccc2c1. The van der Waals surface area contributed by atoms with E-state index in [9.17, 15) is 5.26 Å². The van der Waals surface area contributed by atoms with E-state index in [1.54, 1.807) is 0 Å². The van der Waals surface area contributed by atoms with Gasteiger partial charge in [0, 0.05) is 0 Å². The van der Waals surface area contributed by atoms with Gasteiger partial charge >= 0.3 is 0 Å². The van der Waals surface area contributed by atoms with Crippen molar-refractivity contribution < 1.29 is 0 Å². The molecule has 0 N–H and O–H groups in total. The highest BCUT2D eigenvalue weighted by molar-refractivity contribution is 6.28. The van der Waals surface area contributed by atoms with E-state index in [-0.39, 0.29) is 0 Å². The van der Waals surface area contributed by atoms with Crippen LogP contribution in [0.15, 0.2) is 188 Å². The first kappa shape index (κ1) is 30.4. The Labute approximate surface area is 313 Å². The van der Waals surface area contributed by atoms with Gasteiger partial charge in [0.15, 0.2) is 0 Å². The minimum absolute atomic E-state index is 0.684. The van der Waals surface area contributed by atoms with Gasteiger partial charge in [-0.25, -0.2) is 0 Å². The number of hydrogen-bond acceptors (Lipinski definition) is 1. The molecule has 0 unspecified atom stereocenters. The third-order valence-electron chi connectivity index (χ3n) is 11.4. The smallest absolute Gasteiger partial charge is 0.0991 e. The van der Waals surface area contributed by atoms with E-state index in [0.717, 1.165) is 10.8 Å². The summed E-state index contributed by atoms with van der Waals surface area (Å²) in [6, 6.07) is 70.6. The standard InChI is InChI=1S/C53H31N/c54-32-33-18-19-37-29-38(21-20-36(37)28-33)39-22-23-41-31-42(25-24-40(41)30-39)43-26-27-48-51-44(43)16-9-17-47(51)52-49(34-10-3-1-4-11-34)45-14-7-8-15-46(45)50(53(48)52)35-12-5-2-6-13-35/h1-31H. The fourth-order valence-corrected chi connectivity index (χ4v) is 8.95. The maximum absolute atomic E-state index is 9.32. The van der Waals surface area contributed by atoms with E-state index in [1.807, 2.05) is 18.2 Å². The molecule has 0 saturated heterocycles. The second-order valence-corrected chi connectivity index (χ2v) is 14.3. The van der Waals surface area contributed by atoms with Crippen LogP contribution in [0.4, 0.5) is 0 Å². The lowest BCUT2D eigenvalue weighted by Crippen LogP contribution is -1.93. The molecular formula is C53H31N. The largest absolute Gasteiger partial charge is 0.192 e. The number of nitriles is 1. The van der Waals surface area contributed by atoms with Crippen molar-refractivity contribution in [1.29, 1.82) is 5.26 Å². The Hall–Kier alpha value is -7.27. The highest BCUT2D eigenvalue weighted by atomic mass is 14.3. The Kier molecular flexibility index (Phi) is 6.68. The Morgan fingerprint density at radius 1 is 0.296 bits per heavy atom. The molecule has 0 saturated carbocycles. The van der Waals surface area contributed by atoms with Gasteiger partial charge in [-0.2, -0.15) is 5.26 Å². The summed E-state index contributed by atoms with van der Waals surface area (Å²) in [6.45, 7) is 0. The van der Waals surface area contributed by atoms with Crippen LogP contribution in [0.3, 0.4) is 0 Å². The van der Waals surface area contributed by atoms with Gasteiger partial charge < -0.3 is 0 Å². The predicted octanol–water partition coefficient (Wildman–Crippen LogP) is 14.5. The van der Waals surface area contributed by atoms with Gasteiger partial charge in [0.05, 0.1) is 11.6 Å². The molecule has 0 bridgehead atoms. The molecule has 1 heteroatoms. The summed E-state index contributed by atoms with van der Waals surface area (Å²) in [7, 11) is 0. The number of hydrogen-bond donors (Lipinski definition) is 0. The first-order chi connectivity index (χ1) is 26.7. The van der Waals surface area contributed by atoms with Crippen molar-refractivity contribution in [3.63, 3.8) is 0 Å². The fourth-order valence-electron chi connectivity index (χ4n) is 8.95. The zero-order valence-corrected chi connectivity index (χ0v) is 29.3. The molecule has 10 aromatic rings. The van der Waals surface area contributed by atoms with E-state index in [2.05, 4.69) is 176 Å². The summed E-state index contributed by atoms with van der Waals surface area (Å²) in [4.78, 5) is 0. The van der Waals surface area contributed by atoms with Crippen molar-refractivity contribution in [1.82, 2.24) is 0 Å². The molecule has 248 valence electrons. The van der Waals surface area contributed by atoms with Gasteiger partial charge in [-0.05, 0) is 140 Å². The molecule has 1 nitrogen and oxygen atoms in total. The normalized spacial score (nSPS) is 11.7. The fraction of sp³-hybridized carbons (Fsp3) is 0. The van der Waals surface area contributed by atoms with Gasteiger partial charge in [0.2, 0.25) is 0 Å². The molecule has 0 heterocycles. The van der Waals surface area contributed by atoms with E-state index in [4.69, 9.17) is 0 Å². The Balaban J connectivity index is 1.09. The van der Waals surface area contributed by atoms with Crippen LogP contribution in [0.1, 0.15) is 5.56 Å². The van der Waals surface area contributed by atoms with E-state index in [1.165, 1.54) is 99.1 Å². The van der Waals surface area contributed by atoms with Crippen molar-refractivity contribution in [2.24, 2.45) is 0 Å². The zero-order valence-electron chi connectivity index (χ0n) is 29.3. The van der Waals surface area contributed by atoms with Gasteiger partial charge in [0.25, 0.3) is 0 Å². The van der Waals surface area contributed by atoms with Crippen molar-refractivity contribution in [2.75, 3.05) is 0 Å². The van der Waals surface area contributed by atoms with E-state index < -0.39 is 0 Å². The Morgan fingerprint density at radius 2 is 0.759 bits per heavy atom. The molecule has 10 aromatic carbocycles. The molecule has 54 heavy (non-hydrogen) atoms. The first-order valence-corrected chi connectivity index (χ1v) is 18.5. The van der Waals surface area contributed by atoms with Crippen molar-refractivity contribution in [3.8, 4) is 72.8 Å². The highest BCUT2D eigenvalue weighted by Crippen LogP contribution is 2.58. The first-order valence-electron chi connectivity index (χ1n) is 18.5. The molecule has 0 radical (unpaired) electrons. The molecule has 11 rings (SSSR count). The summed E-state index contributed by atoms with van der Waals surface area (Å²) in [6.07, 6.45) is 0. The lowest BCUT2D eigenvalue weighted by molar-refractivity contribution is 1.50. The van der Waals surface area contributed by atoms with Crippen LogP contribution in [0, 0.1) is 11.3 Å². The molecule has 0 spiro atoms. The maximum Gasteiger partial charge on any atom is 0.0991 e. The summed E-state index contributed by atoms with van der Waals surface area (Å²) < 4.78 is 0. The summed E-state index contributed by atoms with van der Waals surface area (Å²) in [5.41, 5.74) is 15.8. The third-order valence-corrected chi connectivity index (χ3v) is 11.4. The Morgan fingerprint density at radius 3 is 1.35 bits per heavy atom. The number of fused-ring (bicyclic) bond motifs is 6. The van der Waals surface area contributed by atoms with Crippen LogP contribution >= 0.6 is 0 Å². The van der Waals surface area contributed by atoms with Gasteiger partial charge in [-0.15, -0.1) is 0 Å². The maximum atomic E-state index is 9.32. The van der Waals surface area contributed by atoms with Crippen LogP contribution < -0.4 is 0 Å². The lowest BCUT2D eigenvalue weighted by atomic mass is 9.82. The van der Waals surface area contributed by atoms with Gasteiger partial charge in [-0.3, -0.25) is 0 Å². The van der Waals surface area contributed by atoms with Crippen molar-refractivity contribution in [2.45, 2.75) is 0 Å². The topological polar surface area (TPSA) is 23.8 Å². The number of rotatable bonds is 4. The lowest BCUT2D eigenvalue weighted by Gasteiger charge is -2.20. The second-order valence-electron chi connectivity index (χ2n) is 14.3. The summed E-state index contributed by atoms with van der Waals surface area (Å²) in [5.74, 6) is 0. The Bertz CT molecular complexity index is 3110. The molecule has 1 aliphatic rings. The van der Waals surface area contributed by atoms with Crippen LogP contribution in [-0.2, 0) is 0 Å². The molecule has 0 aliphatic heterocycles. The minimum Gasteiger partial charge on any atom is -0.192 e. The van der Waals surface area contributed by atoms with Gasteiger partial charge in [0.1, 0.15) is 0 Å². The zero-order chi connectivity index (χ0) is 35.8. The van der Waals surface area contributed by atoms with Crippen LogP contribution in [0.25, 0.3) is 110 Å². The second kappa shape index (κ2) is 11.9. The van der Waals surface area contributed by atoms with Crippen LogP contribution in [0.2, 0.25) is 0 Å². The third kappa shape index (κ3) is 4.58. The number of benzene rings is 10. The molecule has 0 amide bonds. The minimum atomic E-state index is 0.684. The summed E-state index contributed by atoms with van der Waals surface area (Å²) >= 11 is 0. The van der Waals surface area contributed by atoms with E-state index in [0.29, 0.717) is 5.56 Å². The molecule has 0 atom stereocenters. The van der Waals surface area contributed by atoms with Gasteiger partial charge in [-0.1, -0.05) is 158 Å². The molecule has 1 aliphatic carbocycles. The van der Waals surface area contributed by atoms with Crippen LogP contribution in [0.5, 0.6) is 0 Å². The van der Waals surface area contributed by atoms with Crippen LogP contribution in [-0.4, -0.2) is 0 Å². The quantitative estimate of drug-likeness (QED) is 0.181. The molecule has 0 aromatic heterocycles. The number of nitrogens with zero attached hydrogens (tertiary/aromatic N) is 1. The average Bonchev–Trinajstić information content (AvgIpc) is 3.57. The predicted molar refractivity (Wildman–Crippen MR) is 227 cm³/mol.